The molecule has 0 aromatic rings. The number of aliphatic hydroxyl groups is 1. The summed E-state index contributed by atoms with van der Waals surface area (Å²) in [6, 6.07) is 0. The molecule has 4 rings (SSSR count). The van der Waals surface area contributed by atoms with E-state index in [9.17, 15) is 19.5 Å². The zero-order valence-corrected chi connectivity index (χ0v) is 17.0. The molecule has 0 amide bonds. The molecule has 154 valence electrons. The fourth-order valence-corrected chi connectivity index (χ4v) is 7.37. The van der Waals surface area contributed by atoms with E-state index in [0.717, 1.165) is 32.0 Å². The van der Waals surface area contributed by atoms with Crippen LogP contribution < -0.4 is 0 Å². The summed E-state index contributed by atoms with van der Waals surface area (Å²) in [5.41, 5.74) is 0.264. The summed E-state index contributed by atoms with van der Waals surface area (Å²) in [5, 5.41) is 11.3. The molecule has 3 fully saturated rings. The Morgan fingerprint density at radius 1 is 1.32 bits per heavy atom. The van der Waals surface area contributed by atoms with Crippen molar-refractivity contribution in [2.45, 2.75) is 64.9 Å². The Bertz CT molecular complexity index is 712. The Labute approximate surface area is 166 Å². The van der Waals surface area contributed by atoms with E-state index < -0.39 is 11.5 Å². The Morgan fingerprint density at radius 2 is 2.11 bits per heavy atom. The maximum absolute atomic E-state index is 12.8. The molecule has 0 aromatic carbocycles. The molecule has 0 spiro atoms. The normalized spacial score (nSPS) is 44.9. The van der Waals surface area contributed by atoms with Crippen molar-refractivity contribution in [3.8, 4) is 0 Å². The van der Waals surface area contributed by atoms with Gasteiger partial charge in [-0.15, -0.1) is 0 Å². The molecule has 0 unspecified atom stereocenters. The molecule has 1 N–H and O–H groups in total. The van der Waals surface area contributed by atoms with Gasteiger partial charge in [-0.2, -0.15) is 0 Å². The Balaban J connectivity index is 1.67. The number of fused-ring (bicyclic) bond motifs is 5. The third-order valence-corrected chi connectivity index (χ3v) is 8.56. The van der Waals surface area contributed by atoms with Crippen molar-refractivity contribution in [2.24, 2.45) is 34.5 Å². The summed E-state index contributed by atoms with van der Waals surface area (Å²) in [7, 11) is 0. The average Bonchev–Trinajstić information content (AvgIpc) is 3.06. The quantitative estimate of drug-likeness (QED) is 0.733. The minimum absolute atomic E-state index is 0.00738. The number of allylic oxidation sites excluding steroid dienone is 1. The molecule has 4 aliphatic rings. The summed E-state index contributed by atoms with van der Waals surface area (Å²) in [4.78, 5) is 37.2. The number of Topliss-reactive ketones (excluding diaryl/α,β-unsaturated/α-hetero) is 1. The third kappa shape index (κ3) is 2.77. The van der Waals surface area contributed by atoms with Crippen LogP contribution in [0, 0.1) is 34.5 Å². The van der Waals surface area contributed by atoms with Gasteiger partial charge in [0.25, 0.3) is 0 Å². The first kappa shape index (κ1) is 20.0. The molecule has 5 heteroatoms. The average molecular weight is 389 g/mol. The molecule has 3 saturated carbocycles. The molecule has 5 nitrogen and oxygen atoms in total. The lowest BCUT2D eigenvalue weighted by atomic mass is 9.45. The molecule has 0 aliphatic heterocycles. The molecule has 0 bridgehead atoms. The van der Waals surface area contributed by atoms with Crippen molar-refractivity contribution >= 4 is 17.9 Å². The summed E-state index contributed by atoms with van der Waals surface area (Å²) in [5.74, 6) is 0.308. The zero-order chi connectivity index (χ0) is 20.1. The van der Waals surface area contributed by atoms with Crippen LogP contribution in [0.4, 0.5) is 0 Å². The third-order valence-electron chi connectivity index (χ3n) is 8.56. The van der Waals surface area contributed by atoms with Crippen molar-refractivity contribution < 1.29 is 24.2 Å². The maximum Gasteiger partial charge on any atom is 0.162 e. The van der Waals surface area contributed by atoms with E-state index in [0.29, 0.717) is 25.9 Å². The number of ketones is 2. The summed E-state index contributed by atoms with van der Waals surface area (Å²) in [6.45, 7) is 4.60. The van der Waals surface area contributed by atoms with Crippen LogP contribution in [0.3, 0.4) is 0 Å². The number of ether oxygens (including phenoxy) is 1. The summed E-state index contributed by atoms with van der Waals surface area (Å²) in [6.07, 6.45) is 7.20. The second-order valence-electron chi connectivity index (χ2n) is 9.62. The van der Waals surface area contributed by atoms with E-state index in [2.05, 4.69) is 6.92 Å². The first-order valence-electron chi connectivity index (χ1n) is 10.9. The first-order valence-corrected chi connectivity index (χ1v) is 10.9. The van der Waals surface area contributed by atoms with Crippen LogP contribution in [0.15, 0.2) is 11.6 Å². The Hall–Kier alpha value is -1.33. The number of aliphatic hydroxyl groups excluding tert-OH is 1. The molecule has 28 heavy (non-hydrogen) atoms. The van der Waals surface area contributed by atoms with Gasteiger partial charge in [0.05, 0.1) is 6.10 Å². The molecule has 0 heterocycles. The number of carbonyl (C=O) groups excluding carboxylic acids is 3. The molecule has 4 aliphatic carbocycles. The first-order chi connectivity index (χ1) is 13.4. The highest BCUT2D eigenvalue weighted by Crippen LogP contribution is 2.66. The van der Waals surface area contributed by atoms with Gasteiger partial charge in [0.1, 0.15) is 12.9 Å². The van der Waals surface area contributed by atoms with Crippen molar-refractivity contribution in [1.29, 1.82) is 0 Å². The van der Waals surface area contributed by atoms with Gasteiger partial charge in [-0.05, 0) is 74.7 Å². The highest BCUT2D eigenvalue weighted by molar-refractivity contribution is 5.91. The second kappa shape index (κ2) is 7.17. The minimum atomic E-state index is -0.753. The van der Waals surface area contributed by atoms with Crippen LogP contribution in [-0.2, 0) is 19.1 Å². The van der Waals surface area contributed by atoms with Gasteiger partial charge in [-0.25, -0.2) is 0 Å². The number of hydrogen-bond donors (Lipinski definition) is 1. The fraction of sp³-hybridized carbons (Fsp3) is 0.783. The molecular formula is C23H32O5. The van der Waals surface area contributed by atoms with E-state index in [1.54, 1.807) is 0 Å². The van der Waals surface area contributed by atoms with Crippen LogP contribution in [0.25, 0.3) is 0 Å². The summed E-state index contributed by atoms with van der Waals surface area (Å²) < 4.78 is 5.34. The van der Waals surface area contributed by atoms with Crippen molar-refractivity contribution in [1.82, 2.24) is 0 Å². The van der Waals surface area contributed by atoms with E-state index in [1.807, 2.05) is 13.0 Å². The Kier molecular flexibility index (Phi) is 5.11. The lowest BCUT2D eigenvalue weighted by Crippen LogP contribution is -2.58. The van der Waals surface area contributed by atoms with E-state index in [4.69, 9.17) is 4.74 Å². The van der Waals surface area contributed by atoms with Gasteiger partial charge in [0.2, 0.25) is 0 Å². The van der Waals surface area contributed by atoms with Gasteiger partial charge in [-0.1, -0.05) is 12.5 Å². The maximum atomic E-state index is 12.8. The van der Waals surface area contributed by atoms with Gasteiger partial charge in [0, 0.05) is 24.4 Å². The van der Waals surface area contributed by atoms with Crippen molar-refractivity contribution in [2.75, 3.05) is 13.2 Å². The minimum Gasteiger partial charge on any atom is -0.393 e. The lowest BCUT2D eigenvalue weighted by molar-refractivity contribution is -0.157. The summed E-state index contributed by atoms with van der Waals surface area (Å²) >= 11 is 0. The van der Waals surface area contributed by atoms with Gasteiger partial charge >= 0.3 is 0 Å². The van der Waals surface area contributed by atoms with E-state index >= 15 is 0 Å². The number of hydrogen-bond acceptors (Lipinski definition) is 5. The number of carbonyl (C=O) groups is 3. The van der Waals surface area contributed by atoms with Crippen molar-refractivity contribution in [3.63, 3.8) is 0 Å². The molecule has 7 atom stereocenters. The van der Waals surface area contributed by atoms with Gasteiger partial charge in [-0.3, -0.25) is 9.59 Å². The highest BCUT2D eigenvalue weighted by Gasteiger charge is 2.64. The molecule has 0 aromatic heterocycles. The fourth-order valence-electron chi connectivity index (χ4n) is 7.37. The predicted molar refractivity (Wildman–Crippen MR) is 103 cm³/mol. The van der Waals surface area contributed by atoms with Crippen LogP contribution in [0.2, 0.25) is 0 Å². The molecular weight excluding hydrogens is 356 g/mol. The van der Waals surface area contributed by atoms with Crippen molar-refractivity contribution in [3.05, 3.63) is 11.6 Å². The zero-order valence-electron chi connectivity index (χ0n) is 17.0. The molecule has 0 radical (unpaired) electrons. The van der Waals surface area contributed by atoms with Crippen LogP contribution in [0.1, 0.15) is 58.8 Å². The monoisotopic (exact) mass is 388 g/mol. The Morgan fingerprint density at radius 3 is 2.82 bits per heavy atom. The van der Waals surface area contributed by atoms with Crippen LogP contribution in [-0.4, -0.2) is 42.3 Å². The predicted octanol–water partition coefficient (Wildman–Crippen LogP) is 2.89. The van der Waals surface area contributed by atoms with Crippen LogP contribution >= 0.6 is 0 Å². The largest absolute Gasteiger partial charge is 0.393 e. The molecule has 0 saturated heterocycles. The van der Waals surface area contributed by atoms with E-state index in [-0.39, 0.29) is 47.3 Å². The lowest BCUT2D eigenvalue weighted by Gasteiger charge is -2.59. The smallest absolute Gasteiger partial charge is 0.162 e. The van der Waals surface area contributed by atoms with Crippen LogP contribution in [0.5, 0.6) is 0 Å². The second-order valence-corrected chi connectivity index (χ2v) is 9.62. The standard InChI is InChI=1S/C23H32O5/c1-3-28-12-20(27)18-7-6-17-16-5-4-14-10-15(25)8-9-22(14,2)21(16)19(26)11-23(17,18)13-24/h10,13,16-19,21,26H,3-9,11-12H2,1-2H3/t16-,17-,18+,19-,21+,22-,23+/m0/s1. The topological polar surface area (TPSA) is 80.7 Å². The highest BCUT2D eigenvalue weighted by atomic mass is 16.5. The van der Waals surface area contributed by atoms with Gasteiger partial charge in [0.15, 0.2) is 11.6 Å². The number of rotatable bonds is 5. The SMILES string of the molecule is CCOCC(=O)[C@H]1CC[C@H]2[C@@H]3CCC4=CC(=O)CC[C@]4(C)[C@H]3[C@@H](O)C[C@]12C=O. The van der Waals surface area contributed by atoms with Gasteiger partial charge < -0.3 is 14.6 Å². The number of aldehydes is 1. The van der Waals surface area contributed by atoms with E-state index in [1.165, 1.54) is 5.57 Å².